The van der Waals surface area contributed by atoms with Crippen molar-refractivity contribution in [2.45, 2.75) is 19.5 Å². The lowest BCUT2D eigenvalue weighted by Crippen LogP contribution is -2.40. The van der Waals surface area contributed by atoms with Crippen molar-refractivity contribution in [2.24, 2.45) is 0 Å². The second kappa shape index (κ2) is 12.3. The number of ether oxygens (including phenoxy) is 2. The van der Waals surface area contributed by atoms with Gasteiger partial charge < -0.3 is 24.5 Å². The molecule has 0 aliphatic rings. The van der Waals surface area contributed by atoms with Crippen molar-refractivity contribution in [3.8, 4) is 17.2 Å². The maximum atomic E-state index is 13.7. The van der Waals surface area contributed by atoms with Gasteiger partial charge in [-0.3, -0.25) is 19.0 Å². The zero-order chi connectivity index (χ0) is 29.6. The molecular weight excluding hydrogens is 540 g/mol. The largest absolute Gasteiger partial charge is 0.497 e. The standard InChI is InChI=1S/C31H28N4O7/c1-40-22-13-14-27(41-2)25(17-22)33-29(37)19-34-26-8-4-3-7-24(26)30(38)35(31(34)39)21-11-9-20(10-12-21)16-28(36)32-18-23-6-5-15-42-23/h3-15,17H,16,18-19H2,1-2H3,(H,32,36)(H,33,37). The molecule has 0 spiro atoms. The molecule has 42 heavy (non-hydrogen) atoms. The Hall–Kier alpha value is -5.58. The smallest absolute Gasteiger partial charge is 0.336 e. The Kier molecular flexibility index (Phi) is 8.19. The summed E-state index contributed by atoms with van der Waals surface area (Å²) in [5, 5.41) is 5.81. The van der Waals surface area contributed by atoms with E-state index in [2.05, 4.69) is 10.6 Å². The third kappa shape index (κ3) is 5.94. The molecule has 2 amide bonds. The van der Waals surface area contributed by atoms with E-state index in [-0.39, 0.29) is 30.8 Å². The maximum absolute atomic E-state index is 13.7. The van der Waals surface area contributed by atoms with Crippen LogP contribution in [0, 0.1) is 0 Å². The number of nitrogens with zero attached hydrogens (tertiary/aromatic N) is 2. The Balaban J connectivity index is 1.42. The number of amides is 2. The van der Waals surface area contributed by atoms with Gasteiger partial charge in [0, 0.05) is 6.07 Å². The van der Waals surface area contributed by atoms with Crippen LogP contribution in [0.25, 0.3) is 16.6 Å². The summed E-state index contributed by atoms with van der Waals surface area (Å²) >= 11 is 0. The number of para-hydroxylation sites is 1. The molecule has 0 atom stereocenters. The van der Waals surface area contributed by atoms with Crippen molar-refractivity contribution in [2.75, 3.05) is 19.5 Å². The summed E-state index contributed by atoms with van der Waals surface area (Å²) in [5.74, 6) is 0.863. The van der Waals surface area contributed by atoms with Gasteiger partial charge in [0.25, 0.3) is 5.56 Å². The number of methoxy groups -OCH3 is 2. The van der Waals surface area contributed by atoms with E-state index in [0.717, 1.165) is 4.57 Å². The summed E-state index contributed by atoms with van der Waals surface area (Å²) in [6.07, 6.45) is 1.64. The van der Waals surface area contributed by atoms with Crippen LogP contribution in [-0.4, -0.2) is 35.2 Å². The van der Waals surface area contributed by atoms with Crippen molar-refractivity contribution >= 4 is 28.4 Å². The first-order valence-electron chi connectivity index (χ1n) is 13.0. The minimum Gasteiger partial charge on any atom is -0.497 e. The summed E-state index contributed by atoms with van der Waals surface area (Å²) in [4.78, 5) is 52.7. The van der Waals surface area contributed by atoms with E-state index in [1.54, 1.807) is 78.9 Å². The first-order chi connectivity index (χ1) is 20.4. The van der Waals surface area contributed by atoms with Crippen LogP contribution >= 0.6 is 0 Å². The number of carbonyl (C=O) groups is 2. The maximum Gasteiger partial charge on any atom is 0.336 e. The van der Waals surface area contributed by atoms with Crippen LogP contribution in [0.3, 0.4) is 0 Å². The highest BCUT2D eigenvalue weighted by atomic mass is 16.5. The van der Waals surface area contributed by atoms with E-state index in [0.29, 0.717) is 39.7 Å². The second-order valence-electron chi connectivity index (χ2n) is 9.34. The summed E-state index contributed by atoms with van der Waals surface area (Å²) < 4.78 is 18.1. The average molecular weight is 569 g/mol. The van der Waals surface area contributed by atoms with Crippen LogP contribution in [0.5, 0.6) is 11.5 Å². The zero-order valence-electron chi connectivity index (χ0n) is 23.0. The van der Waals surface area contributed by atoms with E-state index < -0.39 is 17.2 Å². The summed E-state index contributed by atoms with van der Waals surface area (Å²) in [5.41, 5.74) is 0.481. The molecule has 5 rings (SSSR count). The zero-order valence-corrected chi connectivity index (χ0v) is 23.0. The van der Waals surface area contributed by atoms with Crippen molar-refractivity contribution in [1.82, 2.24) is 14.5 Å². The van der Waals surface area contributed by atoms with Crippen LogP contribution in [0.2, 0.25) is 0 Å². The van der Waals surface area contributed by atoms with Crippen LogP contribution in [0.1, 0.15) is 11.3 Å². The molecule has 214 valence electrons. The van der Waals surface area contributed by atoms with Crippen molar-refractivity contribution in [1.29, 1.82) is 0 Å². The van der Waals surface area contributed by atoms with Gasteiger partial charge in [0.15, 0.2) is 0 Å². The number of hydrogen-bond acceptors (Lipinski definition) is 7. The molecule has 5 aromatic rings. The molecule has 0 saturated heterocycles. The predicted octanol–water partition coefficient (Wildman–Crippen LogP) is 3.26. The quantitative estimate of drug-likeness (QED) is 0.264. The Morgan fingerprint density at radius 3 is 2.38 bits per heavy atom. The third-order valence-electron chi connectivity index (χ3n) is 6.63. The number of fused-ring (bicyclic) bond motifs is 1. The van der Waals surface area contributed by atoms with Gasteiger partial charge in [-0.05, 0) is 54.1 Å². The fourth-order valence-electron chi connectivity index (χ4n) is 4.56. The Morgan fingerprint density at radius 2 is 1.67 bits per heavy atom. The fraction of sp³-hybridized carbons (Fsp3) is 0.161. The first-order valence-corrected chi connectivity index (χ1v) is 13.0. The first kappa shape index (κ1) is 28.0. The van der Waals surface area contributed by atoms with E-state index >= 15 is 0 Å². The van der Waals surface area contributed by atoms with Crippen molar-refractivity contribution < 1.29 is 23.5 Å². The normalized spacial score (nSPS) is 10.8. The topological polar surface area (TPSA) is 134 Å². The van der Waals surface area contributed by atoms with Gasteiger partial charge in [-0.2, -0.15) is 0 Å². The molecule has 0 fully saturated rings. The van der Waals surface area contributed by atoms with Crippen LogP contribution in [-0.2, 0) is 29.1 Å². The second-order valence-corrected chi connectivity index (χ2v) is 9.34. The predicted molar refractivity (Wildman–Crippen MR) is 156 cm³/mol. The van der Waals surface area contributed by atoms with Crippen LogP contribution in [0.4, 0.5) is 5.69 Å². The van der Waals surface area contributed by atoms with E-state index in [1.807, 2.05) is 0 Å². The van der Waals surface area contributed by atoms with Crippen LogP contribution < -0.4 is 31.4 Å². The molecule has 0 aliphatic heterocycles. The van der Waals surface area contributed by atoms with E-state index in [9.17, 15) is 19.2 Å². The molecule has 0 aliphatic carbocycles. The third-order valence-corrected chi connectivity index (χ3v) is 6.63. The van der Waals surface area contributed by atoms with E-state index in [1.165, 1.54) is 25.0 Å². The molecule has 0 unspecified atom stereocenters. The van der Waals surface area contributed by atoms with Gasteiger partial charge in [0.2, 0.25) is 11.8 Å². The average Bonchev–Trinajstić information content (AvgIpc) is 3.53. The Labute approximate surface area is 239 Å². The summed E-state index contributed by atoms with van der Waals surface area (Å²) in [6.45, 7) is -0.0952. The lowest BCUT2D eigenvalue weighted by molar-refractivity contribution is -0.120. The molecule has 2 aromatic heterocycles. The number of anilines is 1. The highest BCUT2D eigenvalue weighted by Crippen LogP contribution is 2.29. The lowest BCUT2D eigenvalue weighted by atomic mass is 10.1. The number of nitrogens with one attached hydrogen (secondary N) is 2. The summed E-state index contributed by atoms with van der Waals surface area (Å²) in [7, 11) is 2.98. The number of rotatable bonds is 10. The monoisotopic (exact) mass is 568 g/mol. The molecule has 11 nitrogen and oxygen atoms in total. The number of aromatic nitrogens is 2. The SMILES string of the molecule is COc1ccc(OC)c(NC(=O)Cn2c(=O)n(-c3ccc(CC(=O)NCc4ccco4)cc3)c(=O)c3ccccc32)c1. The molecule has 2 N–H and O–H groups in total. The highest BCUT2D eigenvalue weighted by molar-refractivity contribution is 5.93. The molecule has 2 heterocycles. The number of hydrogen-bond donors (Lipinski definition) is 2. The molecule has 0 radical (unpaired) electrons. The van der Waals surface area contributed by atoms with Gasteiger partial charge in [-0.1, -0.05) is 24.3 Å². The van der Waals surface area contributed by atoms with E-state index in [4.69, 9.17) is 13.9 Å². The van der Waals surface area contributed by atoms with Gasteiger partial charge in [0.1, 0.15) is 23.8 Å². The molecule has 0 saturated carbocycles. The molecule has 0 bridgehead atoms. The van der Waals surface area contributed by atoms with Crippen molar-refractivity contribution in [3.05, 3.63) is 117 Å². The summed E-state index contributed by atoms with van der Waals surface area (Å²) in [6, 6.07) is 21.6. The minimum absolute atomic E-state index is 0.103. The molecule has 3 aromatic carbocycles. The van der Waals surface area contributed by atoms with Crippen LogP contribution in [0.15, 0.2) is 99.1 Å². The highest BCUT2D eigenvalue weighted by Gasteiger charge is 2.18. The van der Waals surface area contributed by atoms with Gasteiger partial charge in [-0.15, -0.1) is 0 Å². The fourth-order valence-corrected chi connectivity index (χ4v) is 4.56. The van der Waals surface area contributed by atoms with Gasteiger partial charge in [-0.25, -0.2) is 9.36 Å². The van der Waals surface area contributed by atoms with Crippen molar-refractivity contribution in [3.63, 3.8) is 0 Å². The number of carbonyl (C=O) groups excluding carboxylic acids is 2. The van der Waals surface area contributed by atoms with Gasteiger partial charge in [0.05, 0.1) is 55.7 Å². The minimum atomic E-state index is -0.685. The Bertz CT molecular complexity index is 1860. The van der Waals surface area contributed by atoms with Gasteiger partial charge >= 0.3 is 5.69 Å². The lowest BCUT2D eigenvalue weighted by Gasteiger charge is -2.15. The number of benzene rings is 3. The molecule has 11 heteroatoms. The Morgan fingerprint density at radius 1 is 0.881 bits per heavy atom. The number of furan rings is 1. The molecular formula is C31H28N4O7.